The van der Waals surface area contributed by atoms with Gasteiger partial charge in [0.15, 0.2) is 0 Å². The molecule has 1 aliphatic heterocycles. The molecule has 0 aliphatic carbocycles. The van der Waals surface area contributed by atoms with Crippen molar-refractivity contribution < 1.29 is 9.90 Å². The van der Waals surface area contributed by atoms with Gasteiger partial charge in [-0.1, -0.05) is 0 Å². The molecule has 0 bridgehead atoms. The van der Waals surface area contributed by atoms with Crippen molar-refractivity contribution >= 4 is 30.7 Å². The molecule has 2 atom stereocenters. The van der Waals surface area contributed by atoms with E-state index < -0.39 is 5.54 Å². The summed E-state index contributed by atoms with van der Waals surface area (Å²) in [5.41, 5.74) is 5.03. The average molecular weight is 316 g/mol. The number of amides is 1. The summed E-state index contributed by atoms with van der Waals surface area (Å²) in [5.74, 6) is 0.000969. The fourth-order valence-electron chi connectivity index (χ4n) is 2.20. The average Bonchev–Trinajstić information content (AvgIpc) is 2.18. The molecule has 2 unspecified atom stereocenters. The maximum atomic E-state index is 12.0. The van der Waals surface area contributed by atoms with Crippen molar-refractivity contribution in [1.82, 2.24) is 9.80 Å². The fourth-order valence-corrected chi connectivity index (χ4v) is 2.20. The molecule has 7 heteroatoms. The molecule has 3 N–H and O–H groups in total. The summed E-state index contributed by atoms with van der Waals surface area (Å²) < 4.78 is 0. The summed E-state index contributed by atoms with van der Waals surface area (Å²) in [4.78, 5) is 16.1. The zero-order valence-corrected chi connectivity index (χ0v) is 13.8. The van der Waals surface area contributed by atoms with Crippen molar-refractivity contribution in [3.63, 3.8) is 0 Å². The number of hydrogen-bond acceptors (Lipinski definition) is 4. The number of β-amino-alcohol motifs (C(OH)–C–C–N with tert-alkyl or cyclic N) is 1. The van der Waals surface area contributed by atoms with Crippen LogP contribution in [0.4, 0.5) is 0 Å². The van der Waals surface area contributed by atoms with Crippen molar-refractivity contribution in [3.05, 3.63) is 0 Å². The Morgan fingerprint density at radius 3 is 2.32 bits per heavy atom. The summed E-state index contributed by atoms with van der Waals surface area (Å²) in [6.07, 6.45) is -0.328. The Morgan fingerprint density at radius 2 is 1.95 bits per heavy atom. The summed E-state index contributed by atoms with van der Waals surface area (Å²) in [5, 5.41) is 9.38. The minimum atomic E-state index is -0.799. The maximum Gasteiger partial charge on any atom is 0.242 e. The number of nitrogens with zero attached hydrogens (tertiary/aromatic N) is 2. The molecule has 0 spiro atoms. The molecule has 0 aromatic heterocycles. The number of aliphatic hydroxyl groups excluding tert-OH is 1. The second kappa shape index (κ2) is 8.27. The smallest absolute Gasteiger partial charge is 0.242 e. The third-order valence-corrected chi connectivity index (χ3v) is 3.10. The van der Waals surface area contributed by atoms with Crippen LogP contribution >= 0.6 is 24.8 Å². The minimum Gasteiger partial charge on any atom is -0.392 e. The van der Waals surface area contributed by atoms with E-state index >= 15 is 0 Å². The van der Waals surface area contributed by atoms with Crippen molar-refractivity contribution in [2.75, 3.05) is 26.2 Å². The third kappa shape index (κ3) is 6.27. The van der Waals surface area contributed by atoms with Gasteiger partial charge in [0.2, 0.25) is 5.91 Å². The lowest BCUT2D eigenvalue weighted by Crippen LogP contribution is -2.60. The quantitative estimate of drug-likeness (QED) is 0.795. The van der Waals surface area contributed by atoms with Crippen LogP contribution in [0.2, 0.25) is 0 Å². The van der Waals surface area contributed by atoms with Crippen LogP contribution in [0.3, 0.4) is 0 Å². The summed E-state index contributed by atoms with van der Waals surface area (Å²) in [6.45, 7) is 10.2. The SMILES string of the molecule is CC(O)CN1CCN(C(=O)C(C)(C)N)CC1C.Cl.Cl. The van der Waals surface area contributed by atoms with Crippen LogP contribution in [0.25, 0.3) is 0 Å². The lowest BCUT2D eigenvalue weighted by atomic mass is 10.0. The van der Waals surface area contributed by atoms with Gasteiger partial charge in [-0.05, 0) is 27.7 Å². The first-order valence-corrected chi connectivity index (χ1v) is 6.22. The van der Waals surface area contributed by atoms with Gasteiger partial charge in [0.25, 0.3) is 0 Å². The van der Waals surface area contributed by atoms with Crippen molar-refractivity contribution in [2.45, 2.75) is 45.4 Å². The number of halogens is 2. The van der Waals surface area contributed by atoms with Gasteiger partial charge < -0.3 is 15.7 Å². The maximum absolute atomic E-state index is 12.0. The van der Waals surface area contributed by atoms with E-state index in [2.05, 4.69) is 11.8 Å². The normalized spacial score (nSPS) is 22.2. The third-order valence-electron chi connectivity index (χ3n) is 3.10. The van der Waals surface area contributed by atoms with Crippen LogP contribution < -0.4 is 5.73 Å². The topological polar surface area (TPSA) is 69.8 Å². The number of carbonyl (C=O) groups excluding carboxylic acids is 1. The van der Waals surface area contributed by atoms with Crippen LogP contribution in [0.1, 0.15) is 27.7 Å². The Kier molecular flexibility index (Phi) is 9.24. The molecule has 1 rings (SSSR count). The second-order valence-corrected chi connectivity index (χ2v) is 5.67. The molecule has 0 radical (unpaired) electrons. The summed E-state index contributed by atoms with van der Waals surface area (Å²) >= 11 is 0. The van der Waals surface area contributed by atoms with Crippen LogP contribution in [-0.4, -0.2) is 64.7 Å². The molecule has 0 saturated carbocycles. The van der Waals surface area contributed by atoms with Crippen LogP contribution in [0, 0.1) is 0 Å². The highest BCUT2D eigenvalue weighted by Gasteiger charge is 2.32. The highest BCUT2D eigenvalue weighted by atomic mass is 35.5. The molecule has 0 aromatic rings. The summed E-state index contributed by atoms with van der Waals surface area (Å²) in [7, 11) is 0. The predicted octanol–water partition coefficient (Wildman–Crippen LogP) is 0.481. The molecule has 0 aromatic carbocycles. The van der Waals surface area contributed by atoms with E-state index in [4.69, 9.17) is 5.73 Å². The van der Waals surface area contributed by atoms with Gasteiger partial charge in [-0.2, -0.15) is 0 Å². The number of rotatable bonds is 3. The Morgan fingerprint density at radius 1 is 1.42 bits per heavy atom. The monoisotopic (exact) mass is 315 g/mol. The van der Waals surface area contributed by atoms with Crippen LogP contribution in [0.5, 0.6) is 0 Å². The zero-order chi connectivity index (χ0) is 13.2. The largest absolute Gasteiger partial charge is 0.392 e. The molecule has 1 aliphatic rings. The fraction of sp³-hybridized carbons (Fsp3) is 0.917. The van der Waals surface area contributed by atoms with E-state index in [1.165, 1.54) is 0 Å². The van der Waals surface area contributed by atoms with Gasteiger partial charge >= 0.3 is 0 Å². The van der Waals surface area contributed by atoms with Gasteiger partial charge in [0.05, 0.1) is 11.6 Å². The van der Waals surface area contributed by atoms with E-state index in [9.17, 15) is 9.90 Å². The minimum absolute atomic E-state index is 0. The molecule has 1 saturated heterocycles. The van der Waals surface area contributed by atoms with Crippen LogP contribution in [-0.2, 0) is 4.79 Å². The lowest BCUT2D eigenvalue weighted by molar-refractivity contribution is -0.138. The van der Waals surface area contributed by atoms with E-state index in [0.717, 1.165) is 6.54 Å². The number of nitrogens with two attached hydrogens (primary N) is 1. The number of carbonyl (C=O) groups is 1. The second-order valence-electron chi connectivity index (χ2n) is 5.67. The van der Waals surface area contributed by atoms with Gasteiger partial charge in [-0.3, -0.25) is 9.69 Å². The van der Waals surface area contributed by atoms with Crippen molar-refractivity contribution in [1.29, 1.82) is 0 Å². The molecule has 1 fully saturated rings. The molecule has 5 nitrogen and oxygen atoms in total. The van der Waals surface area contributed by atoms with E-state index in [0.29, 0.717) is 19.6 Å². The first-order valence-electron chi connectivity index (χ1n) is 6.22. The van der Waals surface area contributed by atoms with E-state index in [-0.39, 0.29) is 42.9 Å². The van der Waals surface area contributed by atoms with Crippen molar-refractivity contribution in [2.24, 2.45) is 5.73 Å². The number of piperazine rings is 1. The summed E-state index contributed by atoms with van der Waals surface area (Å²) in [6, 6.07) is 0.268. The van der Waals surface area contributed by atoms with Gasteiger partial charge in [0.1, 0.15) is 0 Å². The first-order chi connectivity index (χ1) is 7.71. The molecular weight excluding hydrogens is 289 g/mol. The Balaban J connectivity index is 0. The standard InChI is InChI=1S/C12H25N3O2.2ClH/c1-9-7-15(11(17)12(3,4)13)6-5-14(9)8-10(2)16;;/h9-10,16H,5-8,13H2,1-4H3;2*1H. The first kappa shape index (κ1) is 21.2. The number of hydrogen-bond donors (Lipinski definition) is 2. The Labute approximate surface area is 128 Å². The van der Waals surface area contributed by atoms with Gasteiger partial charge in [-0.15, -0.1) is 24.8 Å². The molecule has 19 heavy (non-hydrogen) atoms. The lowest BCUT2D eigenvalue weighted by Gasteiger charge is -2.42. The van der Waals surface area contributed by atoms with Crippen molar-refractivity contribution in [3.8, 4) is 0 Å². The van der Waals surface area contributed by atoms with Gasteiger partial charge in [-0.25, -0.2) is 0 Å². The highest BCUT2D eigenvalue weighted by molar-refractivity contribution is 5.86. The zero-order valence-electron chi connectivity index (χ0n) is 12.1. The van der Waals surface area contributed by atoms with Crippen LogP contribution in [0.15, 0.2) is 0 Å². The van der Waals surface area contributed by atoms with E-state index in [1.54, 1.807) is 20.8 Å². The molecule has 1 heterocycles. The molecular formula is C12H27Cl2N3O2. The number of aliphatic hydroxyl groups is 1. The molecule has 1 amide bonds. The predicted molar refractivity (Wildman–Crippen MR) is 82.1 cm³/mol. The van der Waals surface area contributed by atoms with E-state index in [1.807, 2.05) is 4.90 Å². The Hall–Kier alpha value is -0.0700. The molecule has 116 valence electrons. The highest BCUT2D eigenvalue weighted by Crippen LogP contribution is 2.13. The Bertz CT molecular complexity index is 283. The van der Waals surface area contributed by atoms with Gasteiger partial charge in [0, 0.05) is 32.2 Å².